The van der Waals surface area contributed by atoms with Gasteiger partial charge in [-0.3, -0.25) is 0 Å². The zero-order chi connectivity index (χ0) is 14.7. The molecule has 0 saturated carbocycles. The minimum Gasteiger partial charge on any atom is -0.478 e. The van der Waals surface area contributed by atoms with Crippen LogP contribution in [-0.4, -0.2) is 36.5 Å². The summed E-state index contributed by atoms with van der Waals surface area (Å²) in [5.41, 5.74) is 0.302. The van der Waals surface area contributed by atoms with Gasteiger partial charge in [-0.1, -0.05) is 18.0 Å². The maximum Gasteiger partial charge on any atom is 0.491 e. The second-order valence-electron chi connectivity index (χ2n) is 3.63. The molecule has 2 aromatic rings. The standard InChI is InChI=1S/C11H10N4O4S/c1-2-20-8-5-3-4-7(9(8)10(16)17)14-6-12-11(13-14)15(18)19/h3-6H,2H2,1H3,(H,16,17). The van der Waals surface area contributed by atoms with Gasteiger partial charge in [-0.2, -0.15) is 0 Å². The van der Waals surface area contributed by atoms with E-state index >= 15 is 0 Å². The number of thioether (sulfide) groups is 1. The molecule has 1 aromatic heterocycles. The van der Waals surface area contributed by atoms with Crippen molar-refractivity contribution in [3.05, 3.63) is 40.2 Å². The van der Waals surface area contributed by atoms with Gasteiger partial charge in [0.05, 0.1) is 5.69 Å². The van der Waals surface area contributed by atoms with Crippen LogP contribution < -0.4 is 0 Å². The number of carboxylic acids is 1. The van der Waals surface area contributed by atoms with Gasteiger partial charge in [-0.25, -0.2) is 4.79 Å². The summed E-state index contributed by atoms with van der Waals surface area (Å²) in [6.07, 6.45) is 1.13. The molecule has 0 amide bonds. The van der Waals surface area contributed by atoms with Crippen LogP contribution in [0, 0.1) is 10.1 Å². The Morgan fingerprint density at radius 1 is 1.55 bits per heavy atom. The summed E-state index contributed by atoms with van der Waals surface area (Å²) in [5, 5.41) is 23.6. The van der Waals surface area contributed by atoms with Crippen LogP contribution in [0.5, 0.6) is 0 Å². The molecule has 1 heterocycles. The van der Waals surface area contributed by atoms with Gasteiger partial charge in [0.2, 0.25) is 6.33 Å². The van der Waals surface area contributed by atoms with Gasteiger partial charge in [0, 0.05) is 9.99 Å². The second kappa shape index (κ2) is 5.70. The normalized spacial score (nSPS) is 10.4. The van der Waals surface area contributed by atoms with Crippen LogP contribution in [0.4, 0.5) is 5.95 Å². The zero-order valence-corrected chi connectivity index (χ0v) is 11.2. The minimum atomic E-state index is -1.12. The molecule has 0 saturated heterocycles. The molecule has 2 rings (SSSR count). The van der Waals surface area contributed by atoms with E-state index in [1.807, 2.05) is 6.92 Å². The molecule has 0 unspecified atom stereocenters. The first-order chi connectivity index (χ1) is 9.54. The van der Waals surface area contributed by atoms with Gasteiger partial charge < -0.3 is 15.2 Å². The molecule has 0 bridgehead atoms. The van der Waals surface area contributed by atoms with E-state index in [2.05, 4.69) is 10.1 Å². The van der Waals surface area contributed by atoms with Crippen molar-refractivity contribution in [2.75, 3.05) is 5.75 Å². The number of carboxylic acid groups (broad SMARTS) is 1. The lowest BCUT2D eigenvalue weighted by Gasteiger charge is -2.08. The van der Waals surface area contributed by atoms with E-state index in [9.17, 15) is 20.0 Å². The first kappa shape index (κ1) is 14.0. The molecular weight excluding hydrogens is 284 g/mol. The van der Waals surface area contributed by atoms with Crippen LogP contribution in [0.25, 0.3) is 5.69 Å². The van der Waals surface area contributed by atoms with Gasteiger partial charge in [0.25, 0.3) is 0 Å². The van der Waals surface area contributed by atoms with Crippen LogP contribution in [0.2, 0.25) is 0 Å². The molecule has 0 aliphatic rings. The van der Waals surface area contributed by atoms with Crippen LogP contribution in [0.15, 0.2) is 29.4 Å². The van der Waals surface area contributed by atoms with E-state index in [0.29, 0.717) is 10.6 Å². The summed E-state index contributed by atoms with van der Waals surface area (Å²) >= 11 is 1.38. The fourth-order valence-electron chi connectivity index (χ4n) is 1.66. The largest absolute Gasteiger partial charge is 0.491 e. The van der Waals surface area contributed by atoms with Crippen molar-refractivity contribution >= 4 is 23.7 Å². The molecule has 1 aromatic carbocycles. The summed E-state index contributed by atoms with van der Waals surface area (Å²) < 4.78 is 1.10. The predicted molar refractivity (Wildman–Crippen MR) is 71.4 cm³/mol. The molecule has 0 radical (unpaired) electrons. The van der Waals surface area contributed by atoms with Crippen molar-refractivity contribution in [2.24, 2.45) is 0 Å². The topological polar surface area (TPSA) is 111 Å². The molecule has 1 N–H and O–H groups in total. The number of hydrogen-bond donors (Lipinski definition) is 1. The summed E-state index contributed by atoms with van der Waals surface area (Å²) in [7, 11) is 0. The van der Waals surface area contributed by atoms with E-state index < -0.39 is 16.8 Å². The van der Waals surface area contributed by atoms with Crippen LogP contribution in [0.3, 0.4) is 0 Å². The highest BCUT2D eigenvalue weighted by atomic mass is 32.2. The lowest BCUT2D eigenvalue weighted by atomic mass is 10.2. The molecule has 8 nitrogen and oxygen atoms in total. The fraction of sp³-hybridized carbons (Fsp3) is 0.182. The first-order valence-electron chi connectivity index (χ1n) is 5.60. The van der Waals surface area contributed by atoms with Crippen molar-refractivity contribution in [2.45, 2.75) is 11.8 Å². The number of hydrogen-bond acceptors (Lipinski definition) is 6. The average molecular weight is 294 g/mol. The number of nitro groups is 1. The Morgan fingerprint density at radius 3 is 2.85 bits per heavy atom. The quantitative estimate of drug-likeness (QED) is 0.510. The Balaban J connectivity index is 2.57. The number of aromatic carboxylic acids is 1. The van der Waals surface area contributed by atoms with Crippen molar-refractivity contribution in [3.63, 3.8) is 0 Å². The average Bonchev–Trinajstić information content (AvgIpc) is 2.88. The smallest absolute Gasteiger partial charge is 0.478 e. The van der Waals surface area contributed by atoms with Crippen molar-refractivity contribution in [1.29, 1.82) is 0 Å². The number of benzene rings is 1. The van der Waals surface area contributed by atoms with Crippen molar-refractivity contribution in [1.82, 2.24) is 14.8 Å². The Hall–Kier alpha value is -2.42. The van der Waals surface area contributed by atoms with Gasteiger partial charge in [0.1, 0.15) is 5.56 Å². The third-order valence-corrected chi connectivity index (χ3v) is 3.35. The molecule has 0 spiro atoms. The molecule has 20 heavy (non-hydrogen) atoms. The van der Waals surface area contributed by atoms with Gasteiger partial charge >= 0.3 is 11.9 Å². The summed E-state index contributed by atoms with van der Waals surface area (Å²) in [5.74, 6) is -0.981. The van der Waals surface area contributed by atoms with Gasteiger partial charge in [-0.05, 0) is 22.8 Å². The van der Waals surface area contributed by atoms with E-state index in [4.69, 9.17) is 0 Å². The summed E-state index contributed by atoms with van der Waals surface area (Å²) in [6, 6.07) is 4.89. The number of nitrogens with zero attached hydrogens (tertiary/aromatic N) is 4. The van der Waals surface area contributed by atoms with E-state index in [-0.39, 0.29) is 11.3 Å². The second-order valence-corrected chi connectivity index (χ2v) is 4.94. The zero-order valence-electron chi connectivity index (χ0n) is 10.4. The monoisotopic (exact) mass is 294 g/mol. The Labute approximate surface area is 117 Å². The van der Waals surface area contributed by atoms with E-state index in [1.54, 1.807) is 12.1 Å². The highest BCUT2D eigenvalue weighted by molar-refractivity contribution is 7.99. The third kappa shape index (κ3) is 2.62. The number of aromatic nitrogens is 3. The van der Waals surface area contributed by atoms with E-state index in [1.165, 1.54) is 17.8 Å². The summed E-state index contributed by atoms with van der Waals surface area (Å²) in [6.45, 7) is 1.91. The van der Waals surface area contributed by atoms with E-state index in [0.717, 1.165) is 11.0 Å². The first-order valence-corrected chi connectivity index (χ1v) is 6.58. The molecule has 0 aliphatic carbocycles. The van der Waals surface area contributed by atoms with Gasteiger partial charge in [-0.15, -0.1) is 16.4 Å². The van der Waals surface area contributed by atoms with Gasteiger partial charge in [0.15, 0.2) is 0 Å². The lowest BCUT2D eigenvalue weighted by molar-refractivity contribution is -0.394. The predicted octanol–water partition coefficient (Wildman–Crippen LogP) is 1.99. The van der Waals surface area contributed by atoms with Crippen LogP contribution >= 0.6 is 11.8 Å². The lowest BCUT2D eigenvalue weighted by Crippen LogP contribution is -2.08. The highest BCUT2D eigenvalue weighted by Crippen LogP contribution is 2.27. The SMILES string of the molecule is CCSc1cccc(-n2cnc([N+](=O)[O-])n2)c1C(=O)O. The minimum absolute atomic E-state index is 0.0548. The molecule has 0 aliphatic heterocycles. The number of rotatable bonds is 5. The Bertz CT molecular complexity index is 670. The van der Waals surface area contributed by atoms with Crippen LogP contribution in [-0.2, 0) is 0 Å². The number of carbonyl (C=O) groups is 1. The molecular formula is C11H10N4O4S. The maximum absolute atomic E-state index is 11.4. The summed E-state index contributed by atoms with van der Waals surface area (Å²) in [4.78, 5) is 25.4. The Morgan fingerprint density at radius 2 is 2.30 bits per heavy atom. The molecule has 9 heteroatoms. The third-order valence-electron chi connectivity index (χ3n) is 2.41. The highest BCUT2D eigenvalue weighted by Gasteiger charge is 2.21. The maximum atomic E-state index is 11.4. The molecule has 0 atom stereocenters. The van der Waals surface area contributed by atoms with Crippen LogP contribution in [0.1, 0.15) is 17.3 Å². The van der Waals surface area contributed by atoms with Crippen molar-refractivity contribution < 1.29 is 14.8 Å². The molecule has 104 valence electrons. The molecule has 0 fully saturated rings. The van der Waals surface area contributed by atoms with Crippen molar-refractivity contribution in [3.8, 4) is 5.69 Å². The fourth-order valence-corrected chi connectivity index (χ4v) is 2.48. The Kier molecular flexibility index (Phi) is 3.99.